The van der Waals surface area contributed by atoms with Crippen LogP contribution < -0.4 is 5.32 Å². The molecule has 0 heterocycles. The number of sulfone groups is 1. The van der Waals surface area contributed by atoms with Gasteiger partial charge >= 0.3 is 5.69 Å². The number of nitrogens with one attached hydrogen (secondary N) is 1. The van der Waals surface area contributed by atoms with Crippen LogP contribution in [-0.2, 0) is 9.84 Å². The van der Waals surface area contributed by atoms with Crippen molar-refractivity contribution in [1.29, 1.82) is 0 Å². The number of anilines is 1. The summed E-state index contributed by atoms with van der Waals surface area (Å²) >= 11 is 0. The fraction of sp³-hybridized carbons (Fsp3) is 0.538. The Morgan fingerprint density at radius 3 is 2.48 bits per heavy atom. The maximum absolute atomic E-state index is 11.6. The van der Waals surface area contributed by atoms with Crippen LogP contribution >= 0.6 is 0 Å². The van der Waals surface area contributed by atoms with E-state index in [2.05, 4.69) is 5.32 Å². The fourth-order valence-corrected chi connectivity index (χ4v) is 2.70. The highest BCUT2D eigenvalue weighted by atomic mass is 32.2. The average Bonchev–Trinajstić information content (AvgIpc) is 2.36. The number of nitro benzene ring substituents is 1. The molecule has 1 unspecified atom stereocenters. The maximum atomic E-state index is 11.6. The van der Waals surface area contributed by atoms with Gasteiger partial charge < -0.3 is 10.4 Å². The minimum atomic E-state index is -3.69. The van der Waals surface area contributed by atoms with Crippen LogP contribution in [0, 0.1) is 16.0 Å². The molecule has 1 atom stereocenters. The predicted molar refractivity (Wildman–Crippen MR) is 80.2 cm³/mol. The Labute approximate surface area is 124 Å². The SMILES string of the molecule is CC(C)C(O)CCNc1cccc(S(C)(=O)=O)c1[N+](=O)[O-]. The number of nitro groups is 1. The van der Waals surface area contributed by atoms with E-state index in [9.17, 15) is 23.6 Å². The molecule has 0 aromatic heterocycles. The predicted octanol–water partition coefficient (Wildman–Crippen LogP) is 1.82. The molecule has 0 bridgehead atoms. The normalized spacial score (nSPS) is 13.2. The molecule has 0 saturated carbocycles. The van der Waals surface area contributed by atoms with Gasteiger partial charge in [0.25, 0.3) is 0 Å². The van der Waals surface area contributed by atoms with Crippen molar-refractivity contribution in [2.75, 3.05) is 18.1 Å². The van der Waals surface area contributed by atoms with Gasteiger partial charge in [-0.05, 0) is 24.5 Å². The summed E-state index contributed by atoms with van der Waals surface area (Å²) in [5.41, 5.74) is -0.321. The lowest BCUT2D eigenvalue weighted by Gasteiger charge is -2.15. The smallest absolute Gasteiger partial charge is 0.310 e. The van der Waals surface area contributed by atoms with Crippen molar-refractivity contribution in [3.63, 3.8) is 0 Å². The zero-order valence-corrected chi connectivity index (χ0v) is 13.1. The summed E-state index contributed by atoms with van der Waals surface area (Å²) in [5.74, 6) is 0.0872. The van der Waals surface area contributed by atoms with Gasteiger partial charge in [-0.2, -0.15) is 0 Å². The molecule has 0 radical (unpaired) electrons. The lowest BCUT2D eigenvalue weighted by Crippen LogP contribution is -2.19. The van der Waals surface area contributed by atoms with Crippen LogP contribution in [0.2, 0.25) is 0 Å². The molecular weight excluding hydrogens is 296 g/mol. The highest BCUT2D eigenvalue weighted by Gasteiger charge is 2.26. The Balaban J connectivity index is 3.01. The third-order valence-corrected chi connectivity index (χ3v) is 4.23. The van der Waals surface area contributed by atoms with Crippen LogP contribution in [0.1, 0.15) is 20.3 Å². The number of aliphatic hydroxyl groups excluding tert-OH is 1. The summed E-state index contributed by atoms with van der Waals surface area (Å²) < 4.78 is 23.2. The van der Waals surface area contributed by atoms with E-state index in [1.165, 1.54) is 18.2 Å². The van der Waals surface area contributed by atoms with Gasteiger partial charge in [-0.3, -0.25) is 10.1 Å². The highest BCUT2D eigenvalue weighted by molar-refractivity contribution is 7.90. The molecular formula is C13H20N2O5S. The molecule has 0 spiro atoms. The monoisotopic (exact) mass is 316 g/mol. The largest absolute Gasteiger partial charge is 0.393 e. The molecule has 21 heavy (non-hydrogen) atoms. The Bertz CT molecular complexity index is 613. The number of benzene rings is 1. The first-order chi connectivity index (χ1) is 9.64. The average molecular weight is 316 g/mol. The van der Waals surface area contributed by atoms with Gasteiger partial charge in [-0.25, -0.2) is 8.42 Å². The first kappa shape index (κ1) is 17.4. The first-order valence-corrected chi connectivity index (χ1v) is 8.43. The molecule has 0 aliphatic rings. The first-order valence-electron chi connectivity index (χ1n) is 6.54. The lowest BCUT2D eigenvalue weighted by molar-refractivity contribution is -0.386. The third kappa shape index (κ3) is 4.68. The minimum absolute atomic E-state index is 0.0872. The molecule has 1 rings (SSSR count). The quantitative estimate of drug-likeness (QED) is 0.586. The second kappa shape index (κ2) is 6.86. The number of rotatable bonds is 7. The lowest BCUT2D eigenvalue weighted by atomic mass is 10.0. The van der Waals surface area contributed by atoms with Gasteiger partial charge in [-0.15, -0.1) is 0 Å². The molecule has 2 N–H and O–H groups in total. The second-order valence-corrected chi connectivity index (χ2v) is 7.19. The molecule has 0 saturated heterocycles. The fourth-order valence-electron chi connectivity index (χ4n) is 1.84. The number of hydrogen-bond donors (Lipinski definition) is 2. The van der Waals surface area contributed by atoms with Gasteiger partial charge in [0.15, 0.2) is 9.84 Å². The Morgan fingerprint density at radius 2 is 2.00 bits per heavy atom. The van der Waals surface area contributed by atoms with Crippen LogP contribution in [0.15, 0.2) is 23.1 Å². The molecule has 0 aliphatic carbocycles. The van der Waals surface area contributed by atoms with E-state index in [-0.39, 0.29) is 16.5 Å². The molecule has 0 fully saturated rings. The van der Waals surface area contributed by atoms with Gasteiger partial charge in [-0.1, -0.05) is 19.9 Å². The molecule has 7 nitrogen and oxygen atoms in total. The van der Waals surface area contributed by atoms with E-state index in [1.807, 2.05) is 13.8 Å². The summed E-state index contributed by atoms with van der Waals surface area (Å²) in [6.07, 6.45) is 0.828. The summed E-state index contributed by atoms with van der Waals surface area (Å²) in [5, 5.41) is 23.7. The molecule has 8 heteroatoms. The number of aliphatic hydroxyl groups is 1. The molecule has 118 valence electrons. The van der Waals surface area contributed by atoms with Crippen molar-refractivity contribution >= 4 is 21.2 Å². The van der Waals surface area contributed by atoms with Crippen molar-refractivity contribution in [3.05, 3.63) is 28.3 Å². The summed E-state index contributed by atoms with van der Waals surface area (Å²) in [6, 6.07) is 4.11. The topological polar surface area (TPSA) is 110 Å². The Kier molecular flexibility index (Phi) is 5.68. The van der Waals surface area contributed by atoms with Crippen molar-refractivity contribution < 1.29 is 18.4 Å². The standard InChI is InChI=1S/C13H20N2O5S/c1-9(2)11(16)7-8-14-10-5-4-6-12(21(3,19)20)13(10)15(17)18/h4-6,9,11,14,16H,7-8H2,1-3H3. The second-order valence-electron chi connectivity index (χ2n) is 5.21. The van der Waals surface area contributed by atoms with Gasteiger partial charge in [0, 0.05) is 12.8 Å². The van der Waals surface area contributed by atoms with Gasteiger partial charge in [0.05, 0.1) is 11.0 Å². The minimum Gasteiger partial charge on any atom is -0.393 e. The number of para-hydroxylation sites is 1. The molecule has 1 aromatic rings. The van der Waals surface area contributed by atoms with Gasteiger partial charge in [0.1, 0.15) is 10.6 Å². The van der Waals surface area contributed by atoms with Crippen LogP contribution in [-0.4, -0.2) is 37.4 Å². The van der Waals surface area contributed by atoms with Crippen molar-refractivity contribution in [1.82, 2.24) is 0 Å². The number of hydrogen-bond acceptors (Lipinski definition) is 6. The van der Waals surface area contributed by atoms with Crippen LogP contribution in [0.3, 0.4) is 0 Å². The van der Waals surface area contributed by atoms with E-state index in [0.717, 1.165) is 6.26 Å². The molecule has 0 aliphatic heterocycles. The molecule has 0 amide bonds. The Hall–Kier alpha value is -1.67. The van der Waals surface area contributed by atoms with Crippen LogP contribution in [0.5, 0.6) is 0 Å². The third-order valence-electron chi connectivity index (χ3n) is 3.11. The van der Waals surface area contributed by atoms with E-state index in [1.54, 1.807) is 0 Å². The summed E-state index contributed by atoms with van der Waals surface area (Å²) in [7, 11) is -3.69. The highest BCUT2D eigenvalue weighted by Crippen LogP contribution is 2.31. The van der Waals surface area contributed by atoms with Crippen LogP contribution in [0.4, 0.5) is 11.4 Å². The maximum Gasteiger partial charge on any atom is 0.310 e. The Morgan fingerprint density at radius 1 is 1.38 bits per heavy atom. The zero-order valence-electron chi connectivity index (χ0n) is 12.2. The van der Waals surface area contributed by atoms with E-state index < -0.39 is 26.6 Å². The summed E-state index contributed by atoms with van der Waals surface area (Å²) in [4.78, 5) is 10.1. The van der Waals surface area contributed by atoms with E-state index in [4.69, 9.17) is 0 Å². The number of nitrogens with zero attached hydrogens (tertiary/aromatic N) is 1. The van der Waals surface area contributed by atoms with Crippen molar-refractivity contribution in [3.8, 4) is 0 Å². The zero-order chi connectivity index (χ0) is 16.2. The van der Waals surface area contributed by atoms with Gasteiger partial charge in [0.2, 0.25) is 0 Å². The van der Waals surface area contributed by atoms with Crippen molar-refractivity contribution in [2.24, 2.45) is 5.92 Å². The van der Waals surface area contributed by atoms with E-state index in [0.29, 0.717) is 13.0 Å². The van der Waals surface area contributed by atoms with E-state index >= 15 is 0 Å². The van der Waals surface area contributed by atoms with Crippen LogP contribution in [0.25, 0.3) is 0 Å². The molecule has 1 aromatic carbocycles. The summed E-state index contributed by atoms with van der Waals surface area (Å²) in [6.45, 7) is 4.06. The van der Waals surface area contributed by atoms with Crippen molar-refractivity contribution in [2.45, 2.75) is 31.3 Å².